The Hall–Kier alpha value is -5.06. The van der Waals surface area contributed by atoms with E-state index in [2.05, 4.69) is 173 Å². The summed E-state index contributed by atoms with van der Waals surface area (Å²) < 4.78 is 14.0. The highest BCUT2D eigenvalue weighted by molar-refractivity contribution is 6.95. The molecule has 0 aromatic heterocycles. The van der Waals surface area contributed by atoms with Crippen molar-refractivity contribution in [3.63, 3.8) is 0 Å². The van der Waals surface area contributed by atoms with Gasteiger partial charge in [-0.25, -0.2) is 0 Å². The molecular weight excluding hydrogens is 637 g/mol. The van der Waals surface area contributed by atoms with Crippen LogP contribution in [-0.4, -0.2) is 22.8 Å². The van der Waals surface area contributed by atoms with Crippen molar-refractivity contribution in [3.05, 3.63) is 157 Å². The van der Waals surface area contributed by atoms with Gasteiger partial charge in [-0.15, -0.1) is 0 Å². The van der Waals surface area contributed by atoms with Gasteiger partial charge in [-0.1, -0.05) is 173 Å². The maximum Gasteiger partial charge on any atom is 0.408 e. The first-order chi connectivity index (χ1) is 24.9. The fourth-order valence-corrected chi connectivity index (χ4v) is 12.3. The minimum absolute atomic E-state index is 0.251. The molecule has 3 heteroatoms. The van der Waals surface area contributed by atoms with Crippen LogP contribution in [0.1, 0.15) is 50.7 Å². The van der Waals surface area contributed by atoms with Gasteiger partial charge in [-0.2, -0.15) is 0 Å². The van der Waals surface area contributed by atoms with Crippen molar-refractivity contribution in [3.8, 4) is 44.5 Å². The van der Waals surface area contributed by atoms with Crippen LogP contribution in [0.2, 0.25) is 0 Å². The largest absolute Gasteiger partial charge is 0.408 e. The van der Waals surface area contributed by atoms with Crippen molar-refractivity contribution in [2.45, 2.75) is 39.5 Å². The van der Waals surface area contributed by atoms with Gasteiger partial charge in [0.05, 0.1) is 0 Å². The van der Waals surface area contributed by atoms with Crippen LogP contribution in [0.15, 0.2) is 146 Å². The number of fused-ring (bicyclic) bond motifs is 4. The van der Waals surface area contributed by atoms with Crippen LogP contribution in [0.25, 0.3) is 66.1 Å². The molecule has 4 aromatic rings. The molecule has 0 saturated carbocycles. The molecule has 252 valence electrons. The van der Waals surface area contributed by atoms with Crippen molar-refractivity contribution in [2.75, 3.05) is 14.2 Å². The lowest BCUT2D eigenvalue weighted by molar-refractivity contribution is 0.272. The Balaban J connectivity index is 1.42. The summed E-state index contributed by atoms with van der Waals surface area (Å²) in [6.45, 7) is 9.19. The first-order valence-electron chi connectivity index (χ1n) is 18.1. The number of hydrogen-bond donors (Lipinski definition) is 0. The molecule has 0 heterocycles. The predicted molar refractivity (Wildman–Crippen MR) is 219 cm³/mol. The highest BCUT2D eigenvalue weighted by Gasteiger charge is 2.50. The minimum atomic E-state index is -3.36. The molecule has 0 N–H and O–H groups in total. The fourth-order valence-electron chi connectivity index (χ4n) is 8.42. The fraction of sp³-hybridized carbons (Fsp3) is 0.167. The summed E-state index contributed by atoms with van der Waals surface area (Å²) in [5.74, 6) is 0.502. The van der Waals surface area contributed by atoms with Crippen LogP contribution in [0.5, 0.6) is 0 Å². The van der Waals surface area contributed by atoms with E-state index >= 15 is 0 Å². The van der Waals surface area contributed by atoms with E-state index in [1.54, 1.807) is 0 Å². The average molecular weight is 681 g/mol. The zero-order valence-electron chi connectivity index (χ0n) is 30.3. The molecule has 2 nitrogen and oxygen atoms in total. The van der Waals surface area contributed by atoms with Crippen LogP contribution < -0.4 is 10.4 Å². The van der Waals surface area contributed by atoms with Gasteiger partial charge < -0.3 is 8.85 Å². The van der Waals surface area contributed by atoms with Crippen molar-refractivity contribution < 1.29 is 8.85 Å². The Morgan fingerprint density at radius 1 is 0.373 bits per heavy atom. The molecule has 4 aromatic carbocycles. The molecule has 0 atom stereocenters. The summed E-state index contributed by atoms with van der Waals surface area (Å²) in [4.78, 5) is 0. The van der Waals surface area contributed by atoms with Crippen LogP contribution in [-0.2, 0) is 8.85 Å². The van der Waals surface area contributed by atoms with Crippen molar-refractivity contribution in [2.24, 2.45) is 0 Å². The summed E-state index contributed by atoms with van der Waals surface area (Å²) >= 11 is 0. The molecule has 0 radical (unpaired) electrons. The topological polar surface area (TPSA) is 18.5 Å². The van der Waals surface area contributed by atoms with E-state index in [0.717, 1.165) is 0 Å². The molecule has 0 bridgehead atoms. The maximum atomic E-state index is 6.98. The summed E-state index contributed by atoms with van der Waals surface area (Å²) in [5.41, 5.74) is 12.3. The maximum absolute atomic E-state index is 6.98. The number of hydrogen-bond acceptors (Lipinski definition) is 2. The first-order valence-corrected chi connectivity index (χ1v) is 19.9. The van der Waals surface area contributed by atoms with E-state index in [9.17, 15) is 0 Å². The van der Waals surface area contributed by atoms with Gasteiger partial charge in [-0.05, 0) is 89.0 Å². The standard InChI is InChI=1S/C48H44O2Si/c1-31(2)43-29-45-39(37-27-15-19-33-17-7-9-21-35(33)37)23-11-13-25-41(45)47(43)51(49-5,50-6)48-42-26-14-12-24-40(46(42)30-44(48)32(3)4)38-28-16-20-34-18-8-10-22-36(34)38/h7-32H,1-6H3. The Bertz CT molecular complexity index is 2290. The number of rotatable bonds is 8. The lowest BCUT2D eigenvalue weighted by Crippen LogP contribution is -2.64. The van der Waals surface area contributed by atoms with Crippen molar-refractivity contribution in [1.82, 2.24) is 0 Å². The van der Waals surface area contributed by atoms with Crippen molar-refractivity contribution >= 4 is 40.5 Å². The lowest BCUT2D eigenvalue weighted by atomic mass is 9.95. The zero-order valence-corrected chi connectivity index (χ0v) is 31.3. The number of benzene rings is 4. The molecule has 8 rings (SSSR count). The van der Waals surface area contributed by atoms with Gasteiger partial charge >= 0.3 is 8.56 Å². The van der Waals surface area contributed by atoms with Gasteiger partial charge in [0.2, 0.25) is 0 Å². The van der Waals surface area contributed by atoms with Gasteiger partial charge in [0.1, 0.15) is 0 Å². The van der Waals surface area contributed by atoms with Gasteiger partial charge in [0, 0.05) is 24.6 Å². The molecule has 4 aliphatic carbocycles. The normalized spacial score (nSPS) is 12.2. The monoisotopic (exact) mass is 680 g/mol. The highest BCUT2D eigenvalue weighted by Crippen LogP contribution is 2.43. The predicted octanol–water partition coefficient (Wildman–Crippen LogP) is 11.6. The SMILES string of the molecule is CO[Si](OC)(c1c2ccccc(-c3cccc4ccccc34)c-2cc1C(C)C)c1c2ccccc(-c3cccc4ccccc34)c-2cc1C(C)C. The van der Waals surface area contributed by atoms with E-state index in [1.807, 2.05) is 14.2 Å². The van der Waals surface area contributed by atoms with E-state index in [1.165, 1.54) is 87.6 Å². The van der Waals surface area contributed by atoms with Gasteiger partial charge in [0.15, 0.2) is 0 Å². The van der Waals surface area contributed by atoms with E-state index in [0.29, 0.717) is 0 Å². The third-order valence-electron chi connectivity index (χ3n) is 10.8. The molecule has 0 saturated heterocycles. The van der Waals surface area contributed by atoms with E-state index in [4.69, 9.17) is 8.85 Å². The third-order valence-corrected chi connectivity index (χ3v) is 14.4. The van der Waals surface area contributed by atoms with Crippen molar-refractivity contribution in [1.29, 1.82) is 0 Å². The quantitative estimate of drug-likeness (QED) is 0.149. The molecule has 4 aliphatic rings. The average Bonchev–Trinajstić information content (AvgIpc) is 3.57. The molecule has 0 unspecified atom stereocenters. The summed E-state index contributed by atoms with van der Waals surface area (Å²) in [6, 6.07) is 53.3. The molecular formula is C48H44O2Si. The smallest absolute Gasteiger partial charge is 0.391 e. The van der Waals surface area contributed by atoms with Gasteiger partial charge in [-0.3, -0.25) is 0 Å². The summed E-state index contributed by atoms with van der Waals surface area (Å²) in [6.07, 6.45) is 0. The molecule has 0 fully saturated rings. The van der Waals surface area contributed by atoms with E-state index < -0.39 is 8.56 Å². The first kappa shape index (κ1) is 33.1. The lowest BCUT2D eigenvalue weighted by Gasteiger charge is -2.32. The van der Waals surface area contributed by atoms with Gasteiger partial charge in [0.25, 0.3) is 0 Å². The second-order valence-electron chi connectivity index (χ2n) is 14.3. The molecule has 0 spiro atoms. The zero-order chi connectivity index (χ0) is 35.3. The molecule has 0 amide bonds. The second-order valence-corrected chi connectivity index (χ2v) is 17.3. The van der Waals surface area contributed by atoms with Crippen LogP contribution >= 0.6 is 0 Å². The third kappa shape index (κ3) is 5.31. The Kier molecular flexibility index (Phi) is 8.60. The van der Waals surface area contributed by atoms with E-state index in [-0.39, 0.29) is 11.8 Å². The summed E-state index contributed by atoms with van der Waals surface area (Å²) in [7, 11) is 0.369. The van der Waals surface area contributed by atoms with Crippen LogP contribution in [0, 0.1) is 0 Å². The highest BCUT2D eigenvalue weighted by atomic mass is 28.4. The van der Waals surface area contributed by atoms with Crippen LogP contribution in [0.3, 0.4) is 0 Å². The molecule has 51 heavy (non-hydrogen) atoms. The second kappa shape index (κ2) is 13.2. The molecule has 0 aliphatic heterocycles. The Morgan fingerprint density at radius 2 is 0.706 bits per heavy atom. The Morgan fingerprint density at radius 3 is 1.10 bits per heavy atom. The van der Waals surface area contributed by atoms with Crippen LogP contribution in [0.4, 0.5) is 0 Å². The Labute approximate surface area is 303 Å². The minimum Gasteiger partial charge on any atom is -0.391 e. The summed E-state index contributed by atoms with van der Waals surface area (Å²) in [5, 5.41) is 7.40.